The fourth-order valence-electron chi connectivity index (χ4n) is 1.43. The van der Waals surface area contributed by atoms with Crippen LogP contribution >= 0.6 is 12.2 Å². The highest BCUT2D eigenvalue weighted by Gasteiger charge is 2.02. The second kappa shape index (κ2) is 4.28. The average molecular weight is 236 g/mol. The Labute approximate surface area is 96.3 Å². The molecule has 0 atom stereocenters. The predicted molar refractivity (Wildman–Crippen MR) is 65.8 cm³/mol. The molecule has 0 bridgehead atoms. The molecule has 0 aliphatic rings. The van der Waals surface area contributed by atoms with Gasteiger partial charge in [-0.25, -0.2) is 4.39 Å². The number of rotatable bonds is 2. The summed E-state index contributed by atoms with van der Waals surface area (Å²) < 4.78 is 13.2. The Morgan fingerprint density at radius 3 is 3.12 bits per heavy atom. The van der Waals surface area contributed by atoms with Gasteiger partial charge in [0.1, 0.15) is 5.82 Å². The molecule has 4 nitrogen and oxygen atoms in total. The number of nitrogens with one attached hydrogen (secondary N) is 2. The van der Waals surface area contributed by atoms with Gasteiger partial charge in [-0.15, -0.1) is 0 Å². The van der Waals surface area contributed by atoms with Crippen LogP contribution in [0.15, 0.2) is 29.5 Å². The van der Waals surface area contributed by atoms with Gasteiger partial charge in [0, 0.05) is 17.1 Å². The smallest absolute Gasteiger partial charge is 0.184 e. The van der Waals surface area contributed by atoms with Crippen molar-refractivity contribution < 1.29 is 4.39 Å². The normalized spacial score (nSPS) is 11.1. The zero-order valence-electron chi connectivity index (χ0n) is 8.20. The van der Waals surface area contributed by atoms with Crippen molar-refractivity contribution in [3.8, 4) is 0 Å². The molecule has 0 saturated heterocycles. The van der Waals surface area contributed by atoms with Gasteiger partial charge in [-0.2, -0.15) is 5.10 Å². The minimum absolute atomic E-state index is 0.0652. The number of hydrazone groups is 1. The third-order valence-corrected chi connectivity index (χ3v) is 2.12. The number of aromatic amines is 1. The van der Waals surface area contributed by atoms with Crippen LogP contribution in [-0.2, 0) is 0 Å². The zero-order valence-corrected chi connectivity index (χ0v) is 9.01. The number of hydrogen-bond acceptors (Lipinski definition) is 2. The Morgan fingerprint density at radius 1 is 1.56 bits per heavy atom. The molecule has 1 aromatic carbocycles. The molecule has 2 aromatic rings. The van der Waals surface area contributed by atoms with Gasteiger partial charge in [0.05, 0.1) is 11.7 Å². The van der Waals surface area contributed by atoms with Gasteiger partial charge >= 0.3 is 0 Å². The van der Waals surface area contributed by atoms with Gasteiger partial charge in [-0.05, 0) is 30.4 Å². The fraction of sp³-hybridized carbons (Fsp3) is 0. The van der Waals surface area contributed by atoms with Crippen molar-refractivity contribution in [2.75, 3.05) is 0 Å². The lowest BCUT2D eigenvalue weighted by Gasteiger charge is -1.98. The maximum atomic E-state index is 13.2. The van der Waals surface area contributed by atoms with Crippen molar-refractivity contribution in [1.82, 2.24) is 10.4 Å². The van der Waals surface area contributed by atoms with Crippen LogP contribution in [-0.4, -0.2) is 16.3 Å². The van der Waals surface area contributed by atoms with E-state index in [1.54, 1.807) is 12.3 Å². The third kappa shape index (κ3) is 2.17. The lowest BCUT2D eigenvalue weighted by Crippen LogP contribution is -2.24. The summed E-state index contributed by atoms with van der Waals surface area (Å²) in [6.45, 7) is 0. The van der Waals surface area contributed by atoms with Crippen molar-refractivity contribution in [3.63, 3.8) is 0 Å². The van der Waals surface area contributed by atoms with E-state index in [2.05, 4.69) is 27.7 Å². The number of fused-ring (bicyclic) bond motifs is 1. The second-order valence-corrected chi connectivity index (χ2v) is 3.61. The number of halogens is 1. The van der Waals surface area contributed by atoms with E-state index < -0.39 is 0 Å². The van der Waals surface area contributed by atoms with Crippen LogP contribution < -0.4 is 11.2 Å². The van der Waals surface area contributed by atoms with Crippen LogP contribution in [0.4, 0.5) is 4.39 Å². The highest BCUT2D eigenvalue weighted by molar-refractivity contribution is 7.80. The second-order valence-electron chi connectivity index (χ2n) is 3.17. The first-order chi connectivity index (χ1) is 7.66. The number of benzene rings is 1. The molecule has 0 amide bonds. The SMILES string of the molecule is NC(=S)NN=Cc1cc(F)cc2cc[nH]c12. The number of H-pyrrole nitrogens is 1. The molecule has 16 heavy (non-hydrogen) atoms. The summed E-state index contributed by atoms with van der Waals surface area (Å²) in [7, 11) is 0. The Balaban J connectivity index is 2.39. The summed E-state index contributed by atoms with van der Waals surface area (Å²) >= 11 is 4.59. The van der Waals surface area contributed by atoms with E-state index in [1.165, 1.54) is 18.3 Å². The molecule has 1 aromatic heterocycles. The molecule has 0 fully saturated rings. The van der Waals surface area contributed by atoms with Crippen LogP contribution in [0.1, 0.15) is 5.56 Å². The Hall–Kier alpha value is -1.95. The fourth-order valence-corrected chi connectivity index (χ4v) is 1.48. The molecule has 0 spiro atoms. The van der Waals surface area contributed by atoms with Gasteiger partial charge in [-0.1, -0.05) is 0 Å². The molecule has 1 heterocycles. The quantitative estimate of drug-likeness (QED) is 0.420. The molecule has 4 N–H and O–H groups in total. The van der Waals surface area contributed by atoms with Crippen molar-refractivity contribution in [1.29, 1.82) is 0 Å². The van der Waals surface area contributed by atoms with Gasteiger partial charge < -0.3 is 10.7 Å². The predicted octanol–water partition coefficient (Wildman–Crippen LogP) is 1.47. The standard InChI is InChI=1S/C10H9FN4S/c11-8-3-6-1-2-13-9(6)7(4-8)5-14-15-10(12)16/h1-5,13H,(H3,12,15,16). The number of nitrogens with zero attached hydrogens (tertiary/aromatic N) is 1. The largest absolute Gasteiger partial charge is 0.375 e. The molecule has 82 valence electrons. The highest BCUT2D eigenvalue weighted by atomic mass is 32.1. The molecule has 0 aliphatic carbocycles. The summed E-state index contributed by atoms with van der Waals surface area (Å²) in [5.41, 5.74) is 9.06. The number of aromatic nitrogens is 1. The Bertz CT molecular complexity index is 561. The average Bonchev–Trinajstić information content (AvgIpc) is 2.64. The van der Waals surface area contributed by atoms with E-state index in [0.717, 1.165) is 10.9 Å². The number of hydrogen-bond donors (Lipinski definition) is 3. The van der Waals surface area contributed by atoms with Crippen molar-refractivity contribution >= 4 is 34.4 Å². The van der Waals surface area contributed by atoms with Gasteiger partial charge in [0.15, 0.2) is 5.11 Å². The first-order valence-electron chi connectivity index (χ1n) is 4.52. The van der Waals surface area contributed by atoms with Crippen LogP contribution in [0.5, 0.6) is 0 Å². The monoisotopic (exact) mass is 236 g/mol. The summed E-state index contributed by atoms with van der Waals surface area (Å²) in [5, 5.41) is 4.64. The minimum Gasteiger partial charge on any atom is -0.375 e. The van der Waals surface area contributed by atoms with Gasteiger partial charge in [0.25, 0.3) is 0 Å². The van der Waals surface area contributed by atoms with Crippen molar-refractivity contribution in [3.05, 3.63) is 35.8 Å². The topological polar surface area (TPSA) is 66.2 Å². The first-order valence-corrected chi connectivity index (χ1v) is 4.93. The molecule has 0 aliphatic heterocycles. The maximum absolute atomic E-state index is 13.2. The molecule has 0 saturated carbocycles. The zero-order chi connectivity index (χ0) is 11.5. The van der Waals surface area contributed by atoms with Crippen molar-refractivity contribution in [2.45, 2.75) is 0 Å². The molecule has 0 radical (unpaired) electrons. The molecular formula is C10H9FN4S. The first kappa shape index (κ1) is 10.6. The van der Waals surface area contributed by atoms with E-state index in [0.29, 0.717) is 5.56 Å². The van der Waals surface area contributed by atoms with E-state index in [9.17, 15) is 4.39 Å². The summed E-state index contributed by atoms with van der Waals surface area (Å²) in [4.78, 5) is 3.00. The highest BCUT2D eigenvalue weighted by Crippen LogP contribution is 2.17. The number of thiocarbonyl (C=S) groups is 1. The third-order valence-electron chi connectivity index (χ3n) is 2.03. The molecule has 6 heteroatoms. The Morgan fingerprint density at radius 2 is 2.38 bits per heavy atom. The van der Waals surface area contributed by atoms with E-state index >= 15 is 0 Å². The lowest BCUT2D eigenvalue weighted by molar-refractivity contribution is 0.629. The molecule has 2 rings (SSSR count). The number of nitrogens with two attached hydrogens (primary N) is 1. The van der Waals surface area contributed by atoms with Crippen molar-refractivity contribution in [2.24, 2.45) is 10.8 Å². The van der Waals surface area contributed by atoms with E-state index in [1.807, 2.05) is 0 Å². The summed E-state index contributed by atoms with van der Waals surface area (Å²) in [5.74, 6) is -0.316. The van der Waals surface area contributed by atoms with Crippen LogP contribution in [0, 0.1) is 5.82 Å². The van der Waals surface area contributed by atoms with E-state index in [-0.39, 0.29) is 10.9 Å². The Kier molecular flexibility index (Phi) is 2.82. The molecular weight excluding hydrogens is 227 g/mol. The maximum Gasteiger partial charge on any atom is 0.184 e. The van der Waals surface area contributed by atoms with E-state index in [4.69, 9.17) is 5.73 Å². The van der Waals surface area contributed by atoms with Crippen LogP contribution in [0.2, 0.25) is 0 Å². The van der Waals surface area contributed by atoms with Gasteiger partial charge in [-0.3, -0.25) is 5.43 Å². The van der Waals surface area contributed by atoms with Crippen LogP contribution in [0.25, 0.3) is 10.9 Å². The lowest BCUT2D eigenvalue weighted by atomic mass is 10.1. The van der Waals surface area contributed by atoms with Gasteiger partial charge in [0.2, 0.25) is 0 Å². The minimum atomic E-state index is -0.316. The van der Waals surface area contributed by atoms with Crippen LogP contribution in [0.3, 0.4) is 0 Å². The summed E-state index contributed by atoms with van der Waals surface area (Å²) in [6.07, 6.45) is 3.20. The summed E-state index contributed by atoms with van der Waals surface area (Å²) in [6, 6.07) is 4.62. The molecule has 0 unspecified atom stereocenters.